The smallest absolute Gasteiger partial charge is 0.315 e. The van der Waals surface area contributed by atoms with Crippen LogP contribution < -0.4 is 4.90 Å². The fourth-order valence-electron chi connectivity index (χ4n) is 6.64. The predicted octanol–water partition coefficient (Wildman–Crippen LogP) is 4.42. The van der Waals surface area contributed by atoms with Crippen molar-refractivity contribution in [2.24, 2.45) is 0 Å². The summed E-state index contributed by atoms with van der Waals surface area (Å²) < 4.78 is 35.3. The van der Waals surface area contributed by atoms with Gasteiger partial charge in [-0.05, 0) is 48.7 Å². The molecule has 3 aromatic heterocycles. The van der Waals surface area contributed by atoms with Gasteiger partial charge in [0.25, 0.3) is 5.91 Å². The van der Waals surface area contributed by atoms with Crippen molar-refractivity contribution in [1.29, 1.82) is 5.26 Å². The van der Waals surface area contributed by atoms with Crippen molar-refractivity contribution >= 4 is 38.6 Å². The number of sulfonamides is 1. The summed E-state index contributed by atoms with van der Waals surface area (Å²) >= 11 is 0. The number of esters is 1. The summed E-state index contributed by atoms with van der Waals surface area (Å²) in [6.07, 6.45) is 7.27. The molecule has 14 heteroatoms. The highest BCUT2D eigenvalue weighted by Gasteiger charge is 2.49. The van der Waals surface area contributed by atoms with Crippen LogP contribution in [0, 0.1) is 11.3 Å². The molecule has 1 amide bonds. The van der Waals surface area contributed by atoms with Gasteiger partial charge in [-0.25, -0.2) is 18.4 Å². The molecule has 0 bridgehead atoms. The molecule has 1 saturated heterocycles. The highest BCUT2D eigenvalue weighted by molar-refractivity contribution is 7.89. The van der Waals surface area contributed by atoms with Gasteiger partial charge in [0.05, 0.1) is 42.6 Å². The molecule has 2 aliphatic heterocycles. The van der Waals surface area contributed by atoms with Gasteiger partial charge < -0.3 is 9.64 Å². The lowest BCUT2D eigenvalue weighted by atomic mass is 9.89. The molecule has 7 rings (SSSR count). The van der Waals surface area contributed by atoms with Crippen molar-refractivity contribution in [2.45, 2.75) is 51.4 Å². The molecule has 1 atom stereocenters. The first kappa shape index (κ1) is 32.2. The second-order valence-electron chi connectivity index (χ2n) is 12.3. The Kier molecular flexibility index (Phi) is 8.25. The number of anilines is 1. The largest absolute Gasteiger partial charge is 0.443 e. The summed E-state index contributed by atoms with van der Waals surface area (Å²) in [6.45, 7) is 4.33. The van der Waals surface area contributed by atoms with Crippen LogP contribution in [-0.2, 0) is 38.4 Å². The Morgan fingerprint density at radius 3 is 2.57 bits per heavy atom. The summed E-state index contributed by atoms with van der Waals surface area (Å²) in [5.41, 5.74) is 4.38. The molecule has 0 spiro atoms. The monoisotopic (exact) mass is 678 g/mol. The van der Waals surface area contributed by atoms with Crippen molar-refractivity contribution in [2.75, 3.05) is 23.7 Å². The van der Waals surface area contributed by atoms with Gasteiger partial charge in [0.1, 0.15) is 17.5 Å². The van der Waals surface area contributed by atoms with Gasteiger partial charge in [-0.2, -0.15) is 14.7 Å². The number of nitrogens with zero attached hydrogens (tertiary/aromatic N) is 8. The molecule has 5 aromatic rings. The molecular weight excluding hydrogens is 645 g/mol. The van der Waals surface area contributed by atoms with Crippen LogP contribution in [0.1, 0.15) is 54.1 Å². The highest BCUT2D eigenvalue weighted by atomic mass is 32.2. The van der Waals surface area contributed by atoms with Gasteiger partial charge in [-0.3, -0.25) is 18.8 Å². The van der Waals surface area contributed by atoms with E-state index in [0.29, 0.717) is 35.4 Å². The molecule has 1 unspecified atom stereocenters. The number of hydrogen-bond donors (Lipinski definition) is 0. The summed E-state index contributed by atoms with van der Waals surface area (Å²) in [6, 6.07) is 19.1. The summed E-state index contributed by atoms with van der Waals surface area (Å²) in [4.78, 5) is 36.9. The maximum absolute atomic E-state index is 13.3. The standard InChI is InChI=1S/C35H34N8O5S/c1-3-28(24-9-11-27(12-10-24)42-18-25-7-5-6-8-29(25)33(42)44)34(45)48-23-40-16-13-30-31(37-22-38-32(30)40)26-17-39-43(19-26)35(14-15-36)20-41(21-35)49(46,47)4-2/h5-13,16-17,19,22,28H,3-4,14,18,20-21,23H2,1-2H3. The zero-order valence-corrected chi connectivity index (χ0v) is 27.9. The molecule has 0 radical (unpaired) electrons. The minimum atomic E-state index is -3.37. The lowest BCUT2D eigenvalue weighted by Crippen LogP contribution is -2.64. The number of rotatable bonds is 11. The van der Waals surface area contributed by atoms with E-state index in [-0.39, 0.29) is 43.9 Å². The van der Waals surface area contributed by atoms with E-state index in [9.17, 15) is 23.3 Å². The average molecular weight is 679 g/mol. The molecule has 49 heavy (non-hydrogen) atoms. The zero-order chi connectivity index (χ0) is 34.3. The number of nitriles is 1. The number of amides is 1. The Labute approximate surface area is 283 Å². The normalized spacial score (nSPS) is 16.3. The van der Waals surface area contributed by atoms with Crippen molar-refractivity contribution < 1.29 is 22.7 Å². The minimum absolute atomic E-state index is 0.00453. The fraction of sp³-hybridized carbons (Fsp3) is 0.314. The van der Waals surface area contributed by atoms with Gasteiger partial charge in [-0.1, -0.05) is 37.3 Å². The van der Waals surface area contributed by atoms with Crippen LogP contribution in [0.3, 0.4) is 0 Å². The van der Waals surface area contributed by atoms with Crippen LogP contribution >= 0.6 is 0 Å². The molecular formula is C35H34N8O5S. The molecule has 1 fully saturated rings. The Bertz CT molecular complexity index is 2210. The minimum Gasteiger partial charge on any atom is -0.443 e. The third kappa shape index (κ3) is 5.64. The SMILES string of the molecule is CCC(C(=O)OCn1ccc2c(-c3cnn(C4(CC#N)CN(S(=O)(=O)CC)C4)c3)ncnc21)c1ccc(N2Cc3ccccc3C2=O)cc1. The lowest BCUT2D eigenvalue weighted by molar-refractivity contribution is -0.149. The second-order valence-corrected chi connectivity index (χ2v) is 14.6. The van der Waals surface area contributed by atoms with Gasteiger partial charge in [0.15, 0.2) is 6.73 Å². The molecule has 5 heterocycles. The van der Waals surface area contributed by atoms with E-state index < -0.39 is 21.5 Å². The second kappa shape index (κ2) is 12.6. The highest BCUT2D eigenvalue weighted by Crippen LogP contribution is 2.36. The molecule has 2 aliphatic rings. The average Bonchev–Trinajstić information content (AvgIpc) is 3.84. The molecule has 2 aromatic carbocycles. The number of fused-ring (bicyclic) bond motifs is 2. The maximum atomic E-state index is 13.3. The van der Waals surface area contributed by atoms with Gasteiger partial charge in [-0.15, -0.1) is 0 Å². The molecule has 250 valence electrons. The van der Waals surface area contributed by atoms with Crippen molar-refractivity contribution in [1.82, 2.24) is 28.6 Å². The van der Waals surface area contributed by atoms with Crippen molar-refractivity contribution in [3.8, 4) is 17.3 Å². The predicted molar refractivity (Wildman–Crippen MR) is 181 cm³/mol. The van der Waals surface area contributed by atoms with Gasteiger partial charge in [0.2, 0.25) is 10.0 Å². The quantitative estimate of drug-likeness (QED) is 0.185. The summed E-state index contributed by atoms with van der Waals surface area (Å²) in [5, 5.41) is 14.7. The topological polar surface area (TPSA) is 156 Å². The van der Waals surface area contributed by atoms with E-state index >= 15 is 0 Å². The van der Waals surface area contributed by atoms with E-state index in [1.54, 1.807) is 39.7 Å². The molecule has 13 nitrogen and oxygen atoms in total. The number of carbonyl (C=O) groups excluding carboxylic acids is 2. The van der Waals surface area contributed by atoms with Gasteiger partial charge >= 0.3 is 5.97 Å². The summed E-state index contributed by atoms with van der Waals surface area (Å²) in [5.74, 6) is -0.907. The lowest BCUT2D eigenvalue weighted by Gasteiger charge is -2.47. The number of ether oxygens (including phenoxy) is 1. The Hall–Kier alpha value is -5.39. The molecule has 0 N–H and O–H groups in total. The number of carbonyl (C=O) groups is 2. The first-order chi connectivity index (χ1) is 23.7. The van der Waals surface area contributed by atoms with E-state index in [1.807, 2.05) is 61.5 Å². The third-order valence-electron chi connectivity index (χ3n) is 9.47. The van der Waals surface area contributed by atoms with Crippen LogP contribution in [0.4, 0.5) is 5.69 Å². The first-order valence-corrected chi connectivity index (χ1v) is 17.7. The molecule has 0 saturated carbocycles. The molecule has 0 aliphatic carbocycles. The maximum Gasteiger partial charge on any atom is 0.315 e. The Morgan fingerprint density at radius 2 is 1.86 bits per heavy atom. The van der Waals surface area contributed by atoms with Crippen LogP contribution in [0.5, 0.6) is 0 Å². The summed E-state index contributed by atoms with van der Waals surface area (Å²) in [7, 11) is -3.37. The van der Waals surface area contributed by atoms with E-state index in [4.69, 9.17) is 4.74 Å². The van der Waals surface area contributed by atoms with E-state index in [1.165, 1.54) is 10.6 Å². The van der Waals surface area contributed by atoms with E-state index in [0.717, 1.165) is 22.2 Å². The van der Waals surface area contributed by atoms with Gasteiger partial charge in [0, 0.05) is 47.7 Å². The zero-order valence-electron chi connectivity index (χ0n) is 27.1. The Balaban J connectivity index is 1.04. The first-order valence-electron chi connectivity index (χ1n) is 16.0. The third-order valence-corrected chi connectivity index (χ3v) is 11.2. The van der Waals surface area contributed by atoms with E-state index in [2.05, 4.69) is 21.1 Å². The van der Waals surface area contributed by atoms with Crippen LogP contribution in [0.15, 0.2) is 79.5 Å². The number of hydrogen-bond acceptors (Lipinski definition) is 9. The van der Waals surface area contributed by atoms with Crippen molar-refractivity contribution in [3.63, 3.8) is 0 Å². The van der Waals surface area contributed by atoms with Crippen LogP contribution in [0.25, 0.3) is 22.3 Å². The number of aromatic nitrogens is 5. The number of benzene rings is 2. The Morgan fingerprint density at radius 1 is 1.08 bits per heavy atom. The fourth-order valence-corrected chi connectivity index (χ4v) is 7.88. The van der Waals surface area contributed by atoms with Crippen molar-refractivity contribution in [3.05, 3.63) is 96.2 Å². The van der Waals surface area contributed by atoms with Crippen LogP contribution in [0.2, 0.25) is 0 Å². The van der Waals surface area contributed by atoms with Crippen LogP contribution in [-0.4, -0.2) is 67.8 Å².